The SMILES string of the molecule is CCc1ncc(OC)c(Nc2n[nH]c3cc([C@@H]4C[C@@]45C(=O)Nc4ccc(OC)cc45)ccc23)n1. The Morgan fingerprint density at radius 1 is 1.15 bits per heavy atom. The molecule has 4 aromatic rings. The summed E-state index contributed by atoms with van der Waals surface area (Å²) < 4.78 is 10.8. The molecule has 9 nitrogen and oxygen atoms in total. The summed E-state index contributed by atoms with van der Waals surface area (Å²) in [7, 11) is 3.23. The van der Waals surface area contributed by atoms with Gasteiger partial charge in [0.1, 0.15) is 11.6 Å². The van der Waals surface area contributed by atoms with Gasteiger partial charge in [-0.05, 0) is 47.9 Å². The molecular weight excluding hydrogens is 432 g/mol. The number of aromatic amines is 1. The number of nitrogens with one attached hydrogen (secondary N) is 3. The minimum Gasteiger partial charge on any atom is -0.497 e. The van der Waals surface area contributed by atoms with E-state index in [1.54, 1.807) is 20.4 Å². The first-order chi connectivity index (χ1) is 16.6. The first kappa shape index (κ1) is 20.5. The molecule has 1 spiro atoms. The molecule has 2 aromatic heterocycles. The lowest BCUT2D eigenvalue weighted by molar-refractivity contribution is -0.118. The van der Waals surface area contributed by atoms with Crippen molar-refractivity contribution in [2.75, 3.05) is 24.9 Å². The largest absolute Gasteiger partial charge is 0.497 e. The number of methoxy groups -OCH3 is 2. The highest BCUT2D eigenvalue weighted by atomic mass is 16.5. The zero-order chi connectivity index (χ0) is 23.4. The van der Waals surface area contributed by atoms with Crippen LogP contribution in [0.15, 0.2) is 42.6 Å². The predicted octanol–water partition coefficient (Wildman–Crippen LogP) is 4.05. The predicted molar refractivity (Wildman–Crippen MR) is 128 cm³/mol. The normalized spacial score (nSPS) is 20.3. The standard InChI is InChI=1S/C25H24N6O3/c1-4-21-26-12-20(34-3)23(28-21)29-22-15-7-5-13(9-19(15)30-31-22)17-11-25(17)16-10-14(33-2)6-8-18(16)27-24(25)32/h5-10,12,17H,4,11H2,1-3H3,(H,27,32)(H2,26,28,29,30,31)/t17-,25-/m0/s1. The first-order valence-electron chi connectivity index (χ1n) is 11.2. The lowest BCUT2D eigenvalue weighted by Crippen LogP contribution is -2.21. The van der Waals surface area contributed by atoms with Crippen LogP contribution in [0.25, 0.3) is 10.9 Å². The summed E-state index contributed by atoms with van der Waals surface area (Å²) in [5.41, 5.74) is 3.32. The van der Waals surface area contributed by atoms with Crippen LogP contribution < -0.4 is 20.1 Å². The summed E-state index contributed by atoms with van der Waals surface area (Å²) in [4.78, 5) is 21.8. The molecule has 1 fully saturated rings. The smallest absolute Gasteiger partial charge is 0.235 e. The zero-order valence-corrected chi connectivity index (χ0v) is 19.1. The van der Waals surface area contributed by atoms with E-state index in [1.165, 1.54) is 0 Å². The van der Waals surface area contributed by atoms with Crippen LogP contribution in [-0.2, 0) is 16.6 Å². The Hall–Kier alpha value is -4.14. The number of nitrogens with zero attached hydrogens (tertiary/aromatic N) is 3. The number of rotatable bonds is 6. The molecule has 34 heavy (non-hydrogen) atoms. The second-order valence-electron chi connectivity index (χ2n) is 8.65. The topological polar surface area (TPSA) is 114 Å². The molecule has 2 aliphatic rings. The van der Waals surface area contributed by atoms with E-state index >= 15 is 0 Å². The Bertz CT molecular complexity index is 1450. The quantitative estimate of drug-likeness (QED) is 0.401. The molecule has 0 bridgehead atoms. The number of anilines is 3. The van der Waals surface area contributed by atoms with Crippen LogP contribution in [0.2, 0.25) is 0 Å². The van der Waals surface area contributed by atoms with Gasteiger partial charge in [0.05, 0.1) is 31.3 Å². The van der Waals surface area contributed by atoms with Crippen LogP contribution in [-0.4, -0.2) is 40.3 Å². The minimum atomic E-state index is -0.538. The van der Waals surface area contributed by atoms with Crippen molar-refractivity contribution in [1.82, 2.24) is 20.2 Å². The van der Waals surface area contributed by atoms with Crippen LogP contribution in [0, 0.1) is 0 Å². The monoisotopic (exact) mass is 456 g/mol. The maximum absolute atomic E-state index is 13.0. The molecule has 6 rings (SSSR count). The van der Waals surface area contributed by atoms with Crippen molar-refractivity contribution in [3.8, 4) is 11.5 Å². The highest BCUT2D eigenvalue weighted by Crippen LogP contribution is 2.65. The van der Waals surface area contributed by atoms with Gasteiger partial charge in [-0.15, -0.1) is 0 Å². The highest BCUT2D eigenvalue weighted by Gasteiger charge is 2.65. The minimum absolute atomic E-state index is 0.0513. The van der Waals surface area contributed by atoms with E-state index < -0.39 is 5.41 Å². The van der Waals surface area contributed by atoms with Crippen LogP contribution in [0.5, 0.6) is 11.5 Å². The maximum atomic E-state index is 13.0. The van der Waals surface area contributed by atoms with Crippen LogP contribution in [0.1, 0.15) is 36.2 Å². The van der Waals surface area contributed by atoms with Crippen molar-refractivity contribution in [2.24, 2.45) is 0 Å². The third-order valence-corrected chi connectivity index (χ3v) is 6.89. The van der Waals surface area contributed by atoms with E-state index in [1.807, 2.05) is 31.2 Å². The Morgan fingerprint density at radius 3 is 2.82 bits per heavy atom. The molecule has 9 heteroatoms. The number of aryl methyl sites for hydroxylation is 1. The summed E-state index contributed by atoms with van der Waals surface area (Å²) in [6.45, 7) is 2.00. The highest BCUT2D eigenvalue weighted by molar-refractivity contribution is 6.10. The fourth-order valence-electron chi connectivity index (χ4n) is 4.98. The van der Waals surface area contributed by atoms with Crippen molar-refractivity contribution >= 4 is 34.1 Å². The molecule has 3 N–H and O–H groups in total. The third-order valence-electron chi connectivity index (χ3n) is 6.89. The molecule has 2 atom stereocenters. The van der Waals surface area contributed by atoms with Gasteiger partial charge < -0.3 is 20.1 Å². The molecule has 1 amide bonds. The molecule has 0 saturated heterocycles. The Labute approximate surface area is 195 Å². The van der Waals surface area contributed by atoms with Gasteiger partial charge in [-0.2, -0.15) is 5.10 Å². The molecular formula is C25H24N6O3. The van der Waals surface area contributed by atoms with Gasteiger partial charge in [0.15, 0.2) is 17.4 Å². The van der Waals surface area contributed by atoms with E-state index in [0.717, 1.165) is 52.1 Å². The molecule has 1 aliphatic carbocycles. The number of aromatic nitrogens is 4. The summed E-state index contributed by atoms with van der Waals surface area (Å²) in [6, 6.07) is 11.9. The maximum Gasteiger partial charge on any atom is 0.235 e. The lowest BCUT2D eigenvalue weighted by Gasteiger charge is -2.11. The third kappa shape index (κ3) is 2.93. The summed E-state index contributed by atoms with van der Waals surface area (Å²) >= 11 is 0. The van der Waals surface area contributed by atoms with Gasteiger partial charge in [-0.1, -0.05) is 13.0 Å². The van der Waals surface area contributed by atoms with Gasteiger partial charge in [0, 0.05) is 23.4 Å². The number of hydrogen-bond donors (Lipinski definition) is 3. The average molecular weight is 457 g/mol. The number of benzene rings is 2. The number of ether oxygens (including phenoxy) is 2. The summed E-state index contributed by atoms with van der Waals surface area (Å²) in [5.74, 6) is 3.39. The summed E-state index contributed by atoms with van der Waals surface area (Å²) in [5, 5.41) is 14.8. The zero-order valence-electron chi connectivity index (χ0n) is 19.1. The molecule has 0 unspecified atom stereocenters. The van der Waals surface area contributed by atoms with E-state index in [9.17, 15) is 4.79 Å². The number of carbonyl (C=O) groups excluding carboxylic acids is 1. The molecule has 0 radical (unpaired) electrons. The van der Waals surface area contributed by atoms with E-state index in [2.05, 4.69) is 42.9 Å². The number of H-pyrrole nitrogens is 1. The van der Waals surface area contributed by atoms with Crippen molar-refractivity contribution in [3.63, 3.8) is 0 Å². The fraction of sp³-hybridized carbons (Fsp3) is 0.280. The van der Waals surface area contributed by atoms with Crippen molar-refractivity contribution in [2.45, 2.75) is 31.1 Å². The Kier molecular flexibility index (Phi) is 4.48. The number of carbonyl (C=O) groups is 1. The van der Waals surface area contributed by atoms with Gasteiger partial charge in [0.2, 0.25) is 5.91 Å². The van der Waals surface area contributed by atoms with Crippen molar-refractivity contribution < 1.29 is 14.3 Å². The second kappa shape index (κ2) is 7.44. The molecule has 3 heterocycles. The number of fused-ring (bicyclic) bond motifs is 3. The molecule has 1 saturated carbocycles. The Morgan fingerprint density at radius 2 is 2.03 bits per heavy atom. The van der Waals surface area contributed by atoms with Gasteiger partial charge in [-0.25, -0.2) is 9.97 Å². The van der Waals surface area contributed by atoms with E-state index in [-0.39, 0.29) is 11.8 Å². The van der Waals surface area contributed by atoms with Gasteiger partial charge in [-0.3, -0.25) is 9.89 Å². The summed E-state index contributed by atoms with van der Waals surface area (Å²) in [6.07, 6.45) is 3.14. The molecule has 1 aliphatic heterocycles. The average Bonchev–Trinajstić information content (AvgIpc) is 3.42. The molecule has 172 valence electrons. The van der Waals surface area contributed by atoms with Crippen LogP contribution in [0.3, 0.4) is 0 Å². The van der Waals surface area contributed by atoms with Gasteiger partial charge >= 0.3 is 0 Å². The first-order valence-corrected chi connectivity index (χ1v) is 11.2. The fourth-order valence-corrected chi connectivity index (χ4v) is 4.98. The van der Waals surface area contributed by atoms with Gasteiger partial charge in [0.25, 0.3) is 0 Å². The number of hydrogen-bond acceptors (Lipinski definition) is 7. The second-order valence-corrected chi connectivity index (χ2v) is 8.65. The van der Waals surface area contributed by atoms with Crippen LogP contribution >= 0.6 is 0 Å². The van der Waals surface area contributed by atoms with E-state index in [4.69, 9.17) is 9.47 Å². The van der Waals surface area contributed by atoms with Crippen molar-refractivity contribution in [1.29, 1.82) is 0 Å². The van der Waals surface area contributed by atoms with Crippen LogP contribution in [0.4, 0.5) is 17.3 Å². The number of amides is 1. The van der Waals surface area contributed by atoms with E-state index in [0.29, 0.717) is 17.4 Å². The Balaban J connectivity index is 1.32. The molecule has 2 aromatic carbocycles. The van der Waals surface area contributed by atoms with Crippen molar-refractivity contribution in [3.05, 3.63) is 59.5 Å². The lowest BCUT2D eigenvalue weighted by atomic mass is 9.91.